The molecule has 2 unspecified atom stereocenters. The van der Waals surface area contributed by atoms with Crippen LogP contribution in [0.25, 0.3) is 21.5 Å². The maximum absolute atomic E-state index is 6.77. The lowest BCUT2D eigenvalue weighted by atomic mass is 10.1. The molecule has 2 saturated heterocycles. The molecule has 59 heavy (non-hydrogen) atoms. The molecule has 0 N–H and O–H groups in total. The van der Waals surface area contributed by atoms with Crippen LogP contribution in [0.3, 0.4) is 0 Å². The van der Waals surface area contributed by atoms with Gasteiger partial charge in [0.2, 0.25) is 0 Å². The summed E-state index contributed by atoms with van der Waals surface area (Å²) in [5.74, 6) is 4.04. The highest BCUT2D eigenvalue weighted by Crippen LogP contribution is 2.31. The van der Waals surface area contributed by atoms with Crippen LogP contribution in [-0.2, 0) is 4.74 Å². The van der Waals surface area contributed by atoms with E-state index in [9.17, 15) is 0 Å². The summed E-state index contributed by atoms with van der Waals surface area (Å²) in [6.45, 7) is 11.8. The van der Waals surface area contributed by atoms with Crippen molar-refractivity contribution < 1.29 is 23.7 Å². The van der Waals surface area contributed by atoms with Crippen molar-refractivity contribution in [2.24, 2.45) is 11.8 Å². The molecule has 2 heterocycles. The monoisotopic (exact) mass is 794 g/mol. The Labute approximate surface area is 349 Å². The predicted molar refractivity (Wildman–Crippen MR) is 240 cm³/mol. The number of hydrogen-bond acceptors (Lipinski definition) is 9. The third-order valence-corrected chi connectivity index (χ3v) is 11.8. The number of anilines is 2. The summed E-state index contributed by atoms with van der Waals surface area (Å²) in [5.41, 5.74) is 2.32. The second-order valence-corrected chi connectivity index (χ2v) is 15.8. The normalized spacial score (nSPS) is 16.2. The van der Waals surface area contributed by atoms with E-state index in [1.807, 2.05) is 24.3 Å². The van der Waals surface area contributed by atoms with Crippen molar-refractivity contribution in [3.63, 3.8) is 0 Å². The van der Waals surface area contributed by atoms with Gasteiger partial charge in [0.25, 0.3) is 0 Å². The van der Waals surface area contributed by atoms with Crippen LogP contribution in [0.1, 0.15) is 0 Å². The minimum absolute atomic E-state index is 0.177. The van der Waals surface area contributed by atoms with Gasteiger partial charge < -0.3 is 33.5 Å². The summed E-state index contributed by atoms with van der Waals surface area (Å²) in [4.78, 5) is 10.00. The molecule has 0 saturated carbocycles. The Hall–Kier alpha value is -5.48. The largest absolute Gasteiger partial charge is 0.495 e. The van der Waals surface area contributed by atoms with Gasteiger partial charge in [0.05, 0.1) is 52.0 Å². The van der Waals surface area contributed by atoms with Gasteiger partial charge in [0, 0.05) is 88.1 Å². The van der Waals surface area contributed by atoms with Crippen molar-refractivity contribution in [3.8, 4) is 23.0 Å². The van der Waals surface area contributed by atoms with Gasteiger partial charge in [0.15, 0.2) is 0 Å². The molecule has 2 fully saturated rings. The summed E-state index contributed by atoms with van der Waals surface area (Å²) in [5, 5.41) is 4.64. The lowest BCUT2D eigenvalue weighted by Crippen LogP contribution is -2.49. The van der Waals surface area contributed by atoms with E-state index in [1.165, 1.54) is 10.8 Å². The molecule has 2 atom stereocenters. The first-order valence-corrected chi connectivity index (χ1v) is 21.1. The number of rotatable bonds is 18. The fourth-order valence-corrected chi connectivity index (χ4v) is 8.62. The SMILES string of the molecule is COc1ccccc1N1CCN(CC(COCC(COc2cccc3ccccc23)CN2CCN(c3ccccc3OC)CC2)COc2cccc3ccccc23)CC1. The van der Waals surface area contributed by atoms with Crippen molar-refractivity contribution in [1.29, 1.82) is 0 Å². The first kappa shape index (κ1) is 40.3. The third-order valence-electron chi connectivity index (χ3n) is 11.8. The van der Waals surface area contributed by atoms with E-state index in [0.29, 0.717) is 26.4 Å². The molecule has 0 aliphatic carbocycles. The highest BCUT2D eigenvalue weighted by Gasteiger charge is 2.26. The van der Waals surface area contributed by atoms with Crippen molar-refractivity contribution in [2.45, 2.75) is 0 Å². The van der Waals surface area contributed by atoms with Crippen LogP contribution < -0.4 is 28.7 Å². The van der Waals surface area contributed by atoms with Crippen molar-refractivity contribution in [3.05, 3.63) is 133 Å². The first-order valence-electron chi connectivity index (χ1n) is 21.1. The van der Waals surface area contributed by atoms with Gasteiger partial charge in [-0.15, -0.1) is 0 Å². The van der Waals surface area contributed by atoms with E-state index in [-0.39, 0.29) is 11.8 Å². The highest BCUT2D eigenvalue weighted by molar-refractivity contribution is 5.89. The van der Waals surface area contributed by atoms with Crippen molar-refractivity contribution in [1.82, 2.24) is 9.80 Å². The summed E-state index contributed by atoms with van der Waals surface area (Å²) in [6, 6.07) is 46.1. The zero-order valence-electron chi connectivity index (χ0n) is 34.6. The number of piperazine rings is 2. The number of nitrogens with zero attached hydrogens (tertiary/aromatic N) is 4. The minimum atomic E-state index is 0.177. The quantitative estimate of drug-likeness (QED) is 0.0855. The highest BCUT2D eigenvalue weighted by atomic mass is 16.5. The predicted octanol–water partition coefficient (Wildman–Crippen LogP) is 8.36. The van der Waals surface area contributed by atoms with Gasteiger partial charge in [-0.05, 0) is 47.2 Å². The maximum atomic E-state index is 6.77. The molecule has 0 radical (unpaired) electrons. The van der Waals surface area contributed by atoms with Gasteiger partial charge in [-0.2, -0.15) is 0 Å². The van der Waals surface area contributed by atoms with E-state index in [2.05, 4.69) is 129 Å². The number of fused-ring (bicyclic) bond motifs is 2. The summed E-state index contributed by atoms with van der Waals surface area (Å²) in [6.07, 6.45) is 0. The topological polar surface area (TPSA) is 59.1 Å². The number of methoxy groups -OCH3 is 2. The lowest BCUT2D eigenvalue weighted by Gasteiger charge is -2.38. The number of ether oxygens (including phenoxy) is 5. The van der Waals surface area contributed by atoms with Crippen LogP contribution in [0.4, 0.5) is 11.4 Å². The number of benzene rings is 6. The molecule has 8 rings (SSSR count). The molecular weight excluding hydrogens is 737 g/mol. The number of para-hydroxylation sites is 4. The average molecular weight is 795 g/mol. The van der Waals surface area contributed by atoms with Crippen LogP contribution in [-0.4, -0.2) is 116 Å². The van der Waals surface area contributed by atoms with Crippen molar-refractivity contribution in [2.75, 3.05) is 116 Å². The second-order valence-electron chi connectivity index (χ2n) is 15.8. The fraction of sp³-hybridized carbons (Fsp3) is 0.360. The molecule has 0 bridgehead atoms. The molecule has 2 aliphatic rings. The van der Waals surface area contributed by atoms with Crippen molar-refractivity contribution >= 4 is 32.9 Å². The van der Waals surface area contributed by atoms with E-state index in [0.717, 1.165) is 111 Å². The molecule has 9 heteroatoms. The average Bonchev–Trinajstić information content (AvgIpc) is 3.30. The van der Waals surface area contributed by atoms with Gasteiger partial charge in [-0.1, -0.05) is 97.1 Å². The molecule has 0 amide bonds. The second kappa shape index (κ2) is 20.0. The van der Waals surface area contributed by atoms with Gasteiger partial charge in [-0.3, -0.25) is 9.80 Å². The number of hydrogen-bond donors (Lipinski definition) is 0. The van der Waals surface area contributed by atoms with Crippen LogP contribution in [0.5, 0.6) is 23.0 Å². The van der Waals surface area contributed by atoms with E-state index >= 15 is 0 Å². The van der Waals surface area contributed by atoms with Gasteiger partial charge in [0.1, 0.15) is 23.0 Å². The van der Waals surface area contributed by atoms with E-state index in [1.54, 1.807) is 14.2 Å². The zero-order chi connectivity index (χ0) is 40.2. The molecule has 0 aromatic heterocycles. The molecule has 2 aliphatic heterocycles. The third kappa shape index (κ3) is 10.2. The lowest BCUT2D eigenvalue weighted by molar-refractivity contribution is 0.0216. The Bertz CT molecular complexity index is 2070. The minimum Gasteiger partial charge on any atom is -0.495 e. The summed E-state index contributed by atoms with van der Waals surface area (Å²) >= 11 is 0. The molecular formula is C50H58N4O5. The molecule has 9 nitrogen and oxygen atoms in total. The Morgan fingerprint density at radius 2 is 0.780 bits per heavy atom. The van der Waals surface area contributed by atoms with Crippen LogP contribution in [0.15, 0.2) is 133 Å². The first-order chi connectivity index (χ1) is 29.1. The smallest absolute Gasteiger partial charge is 0.142 e. The summed E-state index contributed by atoms with van der Waals surface area (Å²) in [7, 11) is 3.50. The Morgan fingerprint density at radius 1 is 0.407 bits per heavy atom. The zero-order valence-corrected chi connectivity index (χ0v) is 34.6. The molecule has 0 spiro atoms. The van der Waals surface area contributed by atoms with Crippen LogP contribution in [0.2, 0.25) is 0 Å². The van der Waals surface area contributed by atoms with Crippen LogP contribution in [0, 0.1) is 11.8 Å². The molecule has 6 aromatic rings. The molecule has 6 aromatic carbocycles. The Morgan fingerprint density at radius 3 is 1.22 bits per heavy atom. The Kier molecular flexibility index (Phi) is 13.7. The summed E-state index contributed by atoms with van der Waals surface area (Å²) < 4.78 is 31.5. The van der Waals surface area contributed by atoms with Gasteiger partial charge >= 0.3 is 0 Å². The van der Waals surface area contributed by atoms with E-state index in [4.69, 9.17) is 23.7 Å². The maximum Gasteiger partial charge on any atom is 0.142 e. The fourth-order valence-electron chi connectivity index (χ4n) is 8.62. The van der Waals surface area contributed by atoms with E-state index < -0.39 is 0 Å². The molecule has 308 valence electrons. The van der Waals surface area contributed by atoms with Crippen LogP contribution >= 0.6 is 0 Å². The Balaban J connectivity index is 0.939. The standard InChI is InChI=1S/C50H58N4O5/c1-55-49-21-9-7-19-45(49)53-29-25-51(26-30-53)33-39(37-58-47-23-11-15-41-13-3-5-17-43(41)47)35-57-36-40(38-59-48-24-12-16-42-14-4-6-18-44(42)48)34-52-27-31-54(32-28-52)46-20-8-10-22-50(46)56-2/h3-24,39-40H,25-38H2,1-2H3. The van der Waals surface area contributed by atoms with Gasteiger partial charge in [-0.25, -0.2) is 0 Å².